The van der Waals surface area contributed by atoms with Gasteiger partial charge in [-0.1, -0.05) is 12.1 Å². The molecule has 0 bridgehead atoms. The molecule has 6 nitrogen and oxygen atoms in total. The average Bonchev–Trinajstić information content (AvgIpc) is 3.31. The highest BCUT2D eigenvalue weighted by Gasteiger charge is 2.40. The topological polar surface area (TPSA) is 69.7 Å². The molecule has 28 heavy (non-hydrogen) atoms. The first-order valence-corrected chi connectivity index (χ1v) is 9.61. The summed E-state index contributed by atoms with van der Waals surface area (Å²) in [6.07, 6.45) is 2.41. The predicted octanol–water partition coefficient (Wildman–Crippen LogP) is 3.22. The first kappa shape index (κ1) is 18.2. The van der Waals surface area contributed by atoms with Gasteiger partial charge in [-0.15, -0.1) is 0 Å². The molecule has 3 amide bonds. The molecule has 4 rings (SSSR count). The van der Waals surface area contributed by atoms with Crippen molar-refractivity contribution in [1.82, 2.24) is 4.90 Å². The first-order chi connectivity index (χ1) is 13.5. The van der Waals surface area contributed by atoms with E-state index in [-0.39, 0.29) is 5.91 Å². The Morgan fingerprint density at radius 2 is 1.61 bits per heavy atom. The summed E-state index contributed by atoms with van der Waals surface area (Å²) in [5, 5.41) is 2.87. The van der Waals surface area contributed by atoms with E-state index in [4.69, 9.17) is 0 Å². The van der Waals surface area contributed by atoms with E-state index in [2.05, 4.69) is 16.3 Å². The SMILES string of the molecule is Cc1cc(N2CCCC2)ccc1NC(=O)C(C)N1C(=O)c2ccccc2C1=O. The van der Waals surface area contributed by atoms with Crippen LogP contribution in [0.2, 0.25) is 0 Å². The van der Waals surface area contributed by atoms with Crippen LogP contribution in [-0.2, 0) is 4.79 Å². The summed E-state index contributed by atoms with van der Waals surface area (Å²) in [6.45, 7) is 5.64. The van der Waals surface area contributed by atoms with Crippen molar-refractivity contribution in [1.29, 1.82) is 0 Å². The van der Waals surface area contributed by atoms with Crippen LogP contribution in [0.25, 0.3) is 0 Å². The van der Waals surface area contributed by atoms with Gasteiger partial charge in [0.15, 0.2) is 0 Å². The van der Waals surface area contributed by atoms with Gasteiger partial charge in [0.05, 0.1) is 11.1 Å². The highest BCUT2D eigenvalue weighted by Crippen LogP contribution is 2.27. The second kappa shape index (κ2) is 7.11. The number of rotatable bonds is 4. The second-order valence-electron chi connectivity index (χ2n) is 7.38. The van der Waals surface area contributed by atoms with E-state index in [0.717, 1.165) is 29.2 Å². The van der Waals surface area contributed by atoms with Gasteiger partial charge in [0, 0.05) is 24.5 Å². The maximum Gasteiger partial charge on any atom is 0.262 e. The number of hydrogen-bond acceptors (Lipinski definition) is 4. The van der Waals surface area contributed by atoms with E-state index in [1.54, 1.807) is 31.2 Å². The molecule has 2 aliphatic rings. The van der Waals surface area contributed by atoms with Gasteiger partial charge in [0.25, 0.3) is 11.8 Å². The average molecular weight is 377 g/mol. The second-order valence-corrected chi connectivity index (χ2v) is 7.38. The summed E-state index contributed by atoms with van der Waals surface area (Å²) >= 11 is 0. The fraction of sp³-hybridized carbons (Fsp3) is 0.318. The molecular formula is C22H23N3O3. The number of aryl methyl sites for hydroxylation is 1. The lowest BCUT2D eigenvalue weighted by molar-refractivity contribution is -0.119. The maximum absolute atomic E-state index is 12.8. The van der Waals surface area contributed by atoms with Crippen LogP contribution < -0.4 is 10.2 Å². The number of imide groups is 1. The Balaban J connectivity index is 1.49. The molecule has 2 heterocycles. The van der Waals surface area contributed by atoms with Crippen LogP contribution in [0.1, 0.15) is 46.0 Å². The van der Waals surface area contributed by atoms with Crippen molar-refractivity contribution in [2.75, 3.05) is 23.3 Å². The summed E-state index contributed by atoms with van der Waals surface area (Å²) in [6, 6.07) is 11.7. The van der Waals surface area contributed by atoms with E-state index >= 15 is 0 Å². The smallest absolute Gasteiger partial charge is 0.262 e. The minimum atomic E-state index is -0.898. The Bertz CT molecular complexity index is 928. The molecule has 0 spiro atoms. The number of nitrogens with zero attached hydrogens (tertiary/aromatic N) is 2. The van der Waals surface area contributed by atoms with Gasteiger partial charge in [-0.25, -0.2) is 0 Å². The Kier molecular flexibility index (Phi) is 4.63. The van der Waals surface area contributed by atoms with Crippen LogP contribution in [0.4, 0.5) is 11.4 Å². The molecule has 1 N–H and O–H groups in total. The van der Waals surface area contributed by atoms with Gasteiger partial charge < -0.3 is 10.2 Å². The monoisotopic (exact) mass is 377 g/mol. The third-order valence-electron chi connectivity index (χ3n) is 5.53. The van der Waals surface area contributed by atoms with Crippen molar-refractivity contribution in [3.8, 4) is 0 Å². The number of hydrogen-bond donors (Lipinski definition) is 1. The van der Waals surface area contributed by atoms with Crippen molar-refractivity contribution in [2.24, 2.45) is 0 Å². The van der Waals surface area contributed by atoms with Crippen LogP contribution in [0.5, 0.6) is 0 Å². The minimum Gasteiger partial charge on any atom is -0.372 e. The third-order valence-corrected chi connectivity index (χ3v) is 5.53. The van der Waals surface area contributed by atoms with Crippen LogP contribution in [0.3, 0.4) is 0 Å². The number of anilines is 2. The zero-order valence-corrected chi connectivity index (χ0v) is 16.1. The van der Waals surface area contributed by atoms with Crippen molar-refractivity contribution in [3.05, 3.63) is 59.2 Å². The minimum absolute atomic E-state index is 0.346. The van der Waals surface area contributed by atoms with Crippen molar-refractivity contribution in [3.63, 3.8) is 0 Å². The molecule has 1 fully saturated rings. The Morgan fingerprint density at radius 1 is 1.00 bits per heavy atom. The Hall–Kier alpha value is -3.15. The molecule has 0 radical (unpaired) electrons. The van der Waals surface area contributed by atoms with Gasteiger partial charge in [-0.3, -0.25) is 19.3 Å². The van der Waals surface area contributed by atoms with Gasteiger partial charge in [0.1, 0.15) is 6.04 Å². The van der Waals surface area contributed by atoms with Crippen molar-refractivity contribution >= 4 is 29.1 Å². The molecule has 0 aromatic heterocycles. The highest BCUT2D eigenvalue weighted by atomic mass is 16.2. The summed E-state index contributed by atoms with van der Waals surface area (Å²) in [5.74, 6) is -1.24. The first-order valence-electron chi connectivity index (χ1n) is 9.61. The molecular weight excluding hydrogens is 354 g/mol. The quantitative estimate of drug-likeness (QED) is 0.831. The number of carbonyl (C=O) groups excluding carboxylic acids is 3. The largest absolute Gasteiger partial charge is 0.372 e. The van der Waals surface area contributed by atoms with Crippen LogP contribution in [-0.4, -0.2) is 41.8 Å². The van der Waals surface area contributed by atoms with Gasteiger partial charge >= 0.3 is 0 Å². The number of nitrogens with one attached hydrogen (secondary N) is 1. The summed E-state index contributed by atoms with van der Waals surface area (Å²) in [5.41, 5.74) is 3.49. The number of carbonyl (C=O) groups is 3. The van der Waals surface area contributed by atoms with Crippen molar-refractivity contribution in [2.45, 2.75) is 32.7 Å². The van der Waals surface area contributed by atoms with E-state index in [1.807, 2.05) is 19.1 Å². The van der Waals surface area contributed by atoms with E-state index in [1.165, 1.54) is 12.8 Å². The van der Waals surface area contributed by atoms with Gasteiger partial charge in [0.2, 0.25) is 5.91 Å². The normalized spacial score (nSPS) is 17.1. The number of amides is 3. The molecule has 1 saturated heterocycles. The molecule has 2 aromatic rings. The van der Waals surface area contributed by atoms with Crippen LogP contribution in [0, 0.1) is 6.92 Å². The molecule has 0 saturated carbocycles. The number of fused-ring (bicyclic) bond motifs is 1. The standard InChI is InChI=1S/C22H23N3O3/c1-14-13-16(24-11-5-6-12-24)9-10-19(14)23-20(26)15(2)25-21(27)17-7-3-4-8-18(17)22(25)28/h3-4,7-10,13,15H,5-6,11-12H2,1-2H3,(H,23,26). The van der Waals surface area contributed by atoms with E-state index < -0.39 is 17.9 Å². The number of benzene rings is 2. The van der Waals surface area contributed by atoms with E-state index in [0.29, 0.717) is 16.8 Å². The van der Waals surface area contributed by atoms with Crippen molar-refractivity contribution < 1.29 is 14.4 Å². The van der Waals surface area contributed by atoms with Crippen LogP contribution >= 0.6 is 0 Å². The lowest BCUT2D eigenvalue weighted by Crippen LogP contribution is -2.45. The predicted molar refractivity (Wildman–Crippen MR) is 108 cm³/mol. The molecule has 144 valence electrons. The Morgan fingerprint density at radius 3 is 2.18 bits per heavy atom. The summed E-state index contributed by atoms with van der Waals surface area (Å²) in [4.78, 5) is 41.3. The molecule has 1 unspecified atom stereocenters. The lowest BCUT2D eigenvalue weighted by Gasteiger charge is -2.23. The van der Waals surface area contributed by atoms with E-state index in [9.17, 15) is 14.4 Å². The Labute approximate surface area is 164 Å². The highest BCUT2D eigenvalue weighted by molar-refractivity contribution is 6.23. The van der Waals surface area contributed by atoms with Crippen LogP contribution in [0.15, 0.2) is 42.5 Å². The third kappa shape index (κ3) is 3.05. The fourth-order valence-electron chi connectivity index (χ4n) is 3.87. The molecule has 1 atom stereocenters. The molecule has 2 aliphatic heterocycles. The molecule has 2 aromatic carbocycles. The van der Waals surface area contributed by atoms with Gasteiger partial charge in [-0.2, -0.15) is 0 Å². The molecule has 6 heteroatoms. The zero-order chi connectivity index (χ0) is 19.8. The summed E-state index contributed by atoms with van der Waals surface area (Å²) in [7, 11) is 0. The fourth-order valence-corrected chi connectivity index (χ4v) is 3.87. The lowest BCUT2D eigenvalue weighted by atomic mass is 10.1. The van der Waals surface area contributed by atoms with Gasteiger partial charge in [-0.05, 0) is 62.6 Å². The summed E-state index contributed by atoms with van der Waals surface area (Å²) < 4.78 is 0. The maximum atomic E-state index is 12.8. The molecule has 0 aliphatic carbocycles. The zero-order valence-electron chi connectivity index (χ0n) is 16.1.